The van der Waals surface area contributed by atoms with Crippen molar-refractivity contribution in [2.75, 3.05) is 33.0 Å². The second kappa shape index (κ2) is 9.03. The maximum atomic E-state index is 6.09. The van der Waals surface area contributed by atoms with Gasteiger partial charge in [0, 0.05) is 18.8 Å². The minimum absolute atomic E-state index is 0.167. The molecule has 4 nitrogen and oxygen atoms in total. The van der Waals surface area contributed by atoms with Crippen LogP contribution in [0.5, 0.6) is 5.75 Å². The van der Waals surface area contributed by atoms with E-state index in [2.05, 4.69) is 24.4 Å². The van der Waals surface area contributed by atoms with Crippen LogP contribution in [-0.2, 0) is 9.47 Å². The van der Waals surface area contributed by atoms with Gasteiger partial charge in [-0.1, -0.05) is 25.1 Å². The topological polar surface area (TPSA) is 39.7 Å². The third-order valence-corrected chi connectivity index (χ3v) is 3.71. The molecule has 0 saturated carbocycles. The molecular formula is C17H27NO3. The number of hydrogen-bond donors (Lipinski definition) is 1. The molecule has 1 aliphatic rings. The summed E-state index contributed by atoms with van der Waals surface area (Å²) in [6.45, 7) is 8.00. The van der Waals surface area contributed by atoms with E-state index in [0.717, 1.165) is 38.3 Å². The van der Waals surface area contributed by atoms with Gasteiger partial charge in [-0.05, 0) is 32.4 Å². The first kappa shape index (κ1) is 16.3. The lowest BCUT2D eigenvalue weighted by Crippen LogP contribution is -2.30. The Kier molecular flexibility index (Phi) is 7.00. The van der Waals surface area contributed by atoms with E-state index in [1.807, 2.05) is 19.1 Å². The van der Waals surface area contributed by atoms with Crippen molar-refractivity contribution in [1.29, 1.82) is 0 Å². The van der Waals surface area contributed by atoms with Gasteiger partial charge in [0.1, 0.15) is 5.75 Å². The van der Waals surface area contributed by atoms with Gasteiger partial charge in [-0.15, -0.1) is 0 Å². The number of likely N-dealkylation sites (N-methyl/N-ethyl adjacent to an activating group) is 1. The van der Waals surface area contributed by atoms with Gasteiger partial charge in [0.05, 0.1) is 25.4 Å². The number of ether oxygens (including phenoxy) is 3. The van der Waals surface area contributed by atoms with E-state index in [1.165, 1.54) is 5.56 Å². The number of benzene rings is 1. The fourth-order valence-corrected chi connectivity index (χ4v) is 2.64. The molecule has 0 amide bonds. The average Bonchev–Trinajstić information content (AvgIpc) is 2.53. The predicted octanol–water partition coefficient (Wildman–Crippen LogP) is 2.93. The maximum absolute atomic E-state index is 6.09. The fraction of sp³-hybridized carbons (Fsp3) is 0.647. The van der Waals surface area contributed by atoms with Gasteiger partial charge < -0.3 is 19.5 Å². The van der Waals surface area contributed by atoms with Crippen LogP contribution in [0.1, 0.15) is 38.3 Å². The summed E-state index contributed by atoms with van der Waals surface area (Å²) in [6, 6.07) is 8.37. The van der Waals surface area contributed by atoms with Crippen molar-refractivity contribution < 1.29 is 14.2 Å². The van der Waals surface area contributed by atoms with Gasteiger partial charge >= 0.3 is 0 Å². The van der Waals surface area contributed by atoms with Crippen molar-refractivity contribution >= 4 is 0 Å². The van der Waals surface area contributed by atoms with Crippen LogP contribution >= 0.6 is 0 Å². The van der Waals surface area contributed by atoms with Crippen molar-refractivity contribution in [2.45, 2.75) is 38.8 Å². The molecule has 1 aromatic carbocycles. The third-order valence-electron chi connectivity index (χ3n) is 3.71. The summed E-state index contributed by atoms with van der Waals surface area (Å²) in [5, 5.41) is 3.50. The zero-order valence-corrected chi connectivity index (χ0v) is 13.1. The molecule has 0 aromatic heterocycles. The van der Waals surface area contributed by atoms with Gasteiger partial charge in [-0.25, -0.2) is 0 Å². The normalized spacial score (nSPS) is 17.6. The number of hydrogen-bond acceptors (Lipinski definition) is 4. The molecule has 1 unspecified atom stereocenters. The first-order valence-electron chi connectivity index (χ1n) is 7.99. The smallest absolute Gasteiger partial charge is 0.124 e. The highest BCUT2D eigenvalue weighted by atomic mass is 16.5. The van der Waals surface area contributed by atoms with Crippen LogP contribution in [-0.4, -0.2) is 39.1 Å². The van der Waals surface area contributed by atoms with Crippen LogP contribution in [0.25, 0.3) is 0 Å². The Morgan fingerprint density at radius 1 is 1.24 bits per heavy atom. The molecule has 1 aromatic rings. The fourth-order valence-electron chi connectivity index (χ4n) is 2.64. The first-order chi connectivity index (χ1) is 10.3. The van der Waals surface area contributed by atoms with Crippen molar-refractivity contribution in [2.24, 2.45) is 0 Å². The molecule has 118 valence electrons. The standard InChI is InChI=1S/C17H27NO3/c1-3-18-16(13-21-14-9-11-19-12-10-14)15-7-5-6-8-17(15)20-4-2/h5-8,14,16,18H,3-4,9-13H2,1-2H3. The molecule has 1 N–H and O–H groups in total. The van der Waals surface area contributed by atoms with E-state index >= 15 is 0 Å². The molecule has 0 spiro atoms. The van der Waals surface area contributed by atoms with E-state index in [9.17, 15) is 0 Å². The largest absolute Gasteiger partial charge is 0.494 e. The minimum atomic E-state index is 0.167. The van der Waals surface area contributed by atoms with E-state index in [-0.39, 0.29) is 6.04 Å². The molecule has 1 atom stereocenters. The van der Waals surface area contributed by atoms with E-state index in [0.29, 0.717) is 19.3 Å². The highest BCUT2D eigenvalue weighted by molar-refractivity contribution is 5.36. The van der Waals surface area contributed by atoms with Crippen LogP contribution in [0.2, 0.25) is 0 Å². The monoisotopic (exact) mass is 293 g/mol. The Morgan fingerprint density at radius 2 is 2.00 bits per heavy atom. The van der Waals surface area contributed by atoms with Crippen LogP contribution in [0.4, 0.5) is 0 Å². The predicted molar refractivity (Wildman–Crippen MR) is 83.8 cm³/mol. The Bertz CT molecular complexity index is 405. The van der Waals surface area contributed by atoms with E-state index in [1.54, 1.807) is 0 Å². The molecule has 0 radical (unpaired) electrons. The highest BCUT2D eigenvalue weighted by Gasteiger charge is 2.19. The lowest BCUT2D eigenvalue weighted by Gasteiger charge is -2.26. The number of nitrogens with one attached hydrogen (secondary N) is 1. The Hall–Kier alpha value is -1.10. The Labute approximate surface area is 127 Å². The number of rotatable bonds is 8. The first-order valence-corrected chi connectivity index (χ1v) is 7.99. The lowest BCUT2D eigenvalue weighted by atomic mass is 10.1. The Balaban J connectivity index is 2.00. The molecule has 1 aliphatic heterocycles. The van der Waals surface area contributed by atoms with Gasteiger partial charge in [0.2, 0.25) is 0 Å². The molecular weight excluding hydrogens is 266 g/mol. The SMILES string of the molecule is CCNC(COC1CCOCC1)c1ccccc1OCC. The zero-order chi connectivity index (χ0) is 14.9. The quantitative estimate of drug-likeness (QED) is 0.800. The minimum Gasteiger partial charge on any atom is -0.494 e. The molecule has 0 aliphatic carbocycles. The van der Waals surface area contributed by atoms with Crippen molar-refractivity contribution in [3.05, 3.63) is 29.8 Å². The van der Waals surface area contributed by atoms with Crippen molar-refractivity contribution in [3.63, 3.8) is 0 Å². The maximum Gasteiger partial charge on any atom is 0.124 e. The van der Waals surface area contributed by atoms with Gasteiger partial charge in [-0.2, -0.15) is 0 Å². The van der Waals surface area contributed by atoms with Crippen molar-refractivity contribution in [1.82, 2.24) is 5.32 Å². The van der Waals surface area contributed by atoms with Gasteiger partial charge in [-0.3, -0.25) is 0 Å². The van der Waals surface area contributed by atoms with Crippen LogP contribution in [0.3, 0.4) is 0 Å². The molecule has 1 fully saturated rings. The summed E-state index contributed by atoms with van der Waals surface area (Å²) < 4.78 is 17.2. The summed E-state index contributed by atoms with van der Waals surface area (Å²) in [5.74, 6) is 0.946. The molecule has 1 saturated heterocycles. The van der Waals surface area contributed by atoms with Gasteiger partial charge in [0.15, 0.2) is 0 Å². The van der Waals surface area contributed by atoms with Crippen molar-refractivity contribution in [3.8, 4) is 5.75 Å². The number of para-hydroxylation sites is 1. The second-order valence-corrected chi connectivity index (χ2v) is 5.23. The van der Waals surface area contributed by atoms with E-state index < -0.39 is 0 Å². The molecule has 21 heavy (non-hydrogen) atoms. The highest BCUT2D eigenvalue weighted by Crippen LogP contribution is 2.26. The Morgan fingerprint density at radius 3 is 2.71 bits per heavy atom. The zero-order valence-electron chi connectivity index (χ0n) is 13.1. The summed E-state index contributed by atoms with van der Waals surface area (Å²) in [7, 11) is 0. The summed E-state index contributed by atoms with van der Waals surface area (Å²) in [5.41, 5.74) is 1.17. The lowest BCUT2D eigenvalue weighted by molar-refractivity contribution is -0.0384. The van der Waals surface area contributed by atoms with Crippen LogP contribution in [0.15, 0.2) is 24.3 Å². The van der Waals surface area contributed by atoms with E-state index in [4.69, 9.17) is 14.2 Å². The summed E-state index contributed by atoms with van der Waals surface area (Å²) in [4.78, 5) is 0. The van der Waals surface area contributed by atoms with Gasteiger partial charge in [0.25, 0.3) is 0 Å². The second-order valence-electron chi connectivity index (χ2n) is 5.23. The molecule has 1 heterocycles. The average molecular weight is 293 g/mol. The van der Waals surface area contributed by atoms with Crippen LogP contribution < -0.4 is 10.1 Å². The van der Waals surface area contributed by atoms with Crippen LogP contribution in [0, 0.1) is 0 Å². The molecule has 2 rings (SSSR count). The summed E-state index contributed by atoms with van der Waals surface area (Å²) >= 11 is 0. The summed E-state index contributed by atoms with van der Waals surface area (Å²) in [6.07, 6.45) is 2.30. The molecule has 4 heteroatoms. The third kappa shape index (κ3) is 4.99. The molecule has 0 bridgehead atoms.